The maximum Gasteiger partial charge on any atom is 0.434 e. The lowest BCUT2D eigenvalue weighted by atomic mass is 10.1. The number of aromatic nitrogens is 2. The Morgan fingerprint density at radius 3 is 2.30 bits per heavy atom. The maximum atomic E-state index is 13.0. The molecule has 2 aromatic rings. The summed E-state index contributed by atoms with van der Waals surface area (Å²) in [4.78, 5) is 5.66. The number of terminal acetylenes is 1. The van der Waals surface area contributed by atoms with Crippen LogP contribution in [0.5, 0.6) is 0 Å². The molecule has 0 bridgehead atoms. The van der Waals surface area contributed by atoms with E-state index in [0.29, 0.717) is 24.5 Å². The Bertz CT molecular complexity index is 765. The summed E-state index contributed by atoms with van der Waals surface area (Å²) in [5.74, 6) is 2.85. The molecule has 0 N–H and O–H groups in total. The van der Waals surface area contributed by atoms with Gasteiger partial charge >= 0.3 is 6.18 Å². The summed E-state index contributed by atoms with van der Waals surface area (Å²) in [7, 11) is 0. The predicted molar refractivity (Wildman–Crippen MR) is 104 cm³/mol. The van der Waals surface area contributed by atoms with Gasteiger partial charge in [-0.25, -0.2) is 4.98 Å². The van der Waals surface area contributed by atoms with Crippen LogP contribution in [0.15, 0.2) is 43.2 Å². The van der Waals surface area contributed by atoms with Gasteiger partial charge in [-0.2, -0.15) is 13.2 Å². The molecule has 0 atom stereocenters. The van der Waals surface area contributed by atoms with Gasteiger partial charge < -0.3 is 9.47 Å². The van der Waals surface area contributed by atoms with Crippen LogP contribution in [-0.2, 0) is 12.7 Å². The highest BCUT2D eigenvalue weighted by Crippen LogP contribution is 2.32. The Morgan fingerprint density at radius 2 is 1.85 bits per heavy atom. The van der Waals surface area contributed by atoms with E-state index in [1.165, 1.54) is 4.57 Å². The molecule has 1 aromatic carbocycles. The monoisotopic (exact) mass is 377 g/mol. The molecule has 0 unspecified atom stereocenters. The summed E-state index contributed by atoms with van der Waals surface area (Å²) in [6.45, 7) is 12.4. The molecule has 0 radical (unpaired) electrons. The zero-order valence-corrected chi connectivity index (χ0v) is 16.2. The van der Waals surface area contributed by atoms with E-state index in [1.54, 1.807) is 18.3 Å². The number of alkyl halides is 3. The summed E-state index contributed by atoms with van der Waals surface area (Å²) in [6, 6.07) is 7.12. The Kier molecular flexibility index (Phi) is 8.17. The van der Waals surface area contributed by atoms with Crippen molar-refractivity contribution in [3.63, 3.8) is 0 Å². The molecule has 0 aliphatic carbocycles. The minimum atomic E-state index is -4.46. The lowest BCUT2D eigenvalue weighted by Gasteiger charge is -2.17. The van der Waals surface area contributed by atoms with Crippen LogP contribution in [0.1, 0.15) is 45.0 Å². The first kappa shape index (κ1) is 22.4. The normalized spacial score (nSPS) is 10.8. The van der Waals surface area contributed by atoms with E-state index < -0.39 is 11.9 Å². The summed E-state index contributed by atoms with van der Waals surface area (Å²) in [5.41, 5.74) is 0.736. The number of rotatable bonds is 6. The van der Waals surface area contributed by atoms with Gasteiger partial charge in [0.05, 0.1) is 6.54 Å². The third-order valence-electron chi connectivity index (χ3n) is 3.73. The summed E-state index contributed by atoms with van der Waals surface area (Å²) >= 11 is 0. The van der Waals surface area contributed by atoms with Crippen LogP contribution in [0.4, 0.5) is 13.2 Å². The standard InChI is InChI=1S/C19H20F3N3.C2H6/c1-5-11-24(6-2)12-15-7-9-16(10-8-15)18-23-17(19(20,21)22)13-25(18)14(3)4;1-2/h1,6-10,13-14H,2,11-12H2,3-4H3;1-2H3. The van der Waals surface area contributed by atoms with Gasteiger partial charge in [0.1, 0.15) is 5.82 Å². The van der Waals surface area contributed by atoms with Crippen molar-refractivity contribution in [2.75, 3.05) is 6.54 Å². The molecule has 6 heteroatoms. The van der Waals surface area contributed by atoms with E-state index >= 15 is 0 Å². The number of benzene rings is 1. The van der Waals surface area contributed by atoms with Crippen LogP contribution in [0.3, 0.4) is 0 Å². The molecule has 146 valence electrons. The first-order valence-corrected chi connectivity index (χ1v) is 8.81. The van der Waals surface area contributed by atoms with Gasteiger partial charge in [-0.1, -0.05) is 50.6 Å². The second-order valence-electron chi connectivity index (χ2n) is 5.94. The molecule has 0 saturated heterocycles. The van der Waals surface area contributed by atoms with Crippen LogP contribution < -0.4 is 0 Å². The number of hydrogen-bond donors (Lipinski definition) is 0. The van der Waals surface area contributed by atoms with E-state index in [9.17, 15) is 13.2 Å². The minimum Gasteiger partial charge on any atom is -0.363 e. The molecule has 0 aliphatic heterocycles. The second-order valence-corrected chi connectivity index (χ2v) is 5.94. The minimum absolute atomic E-state index is 0.134. The lowest BCUT2D eigenvalue weighted by Crippen LogP contribution is -2.16. The van der Waals surface area contributed by atoms with Crippen molar-refractivity contribution < 1.29 is 13.2 Å². The molecule has 1 aromatic heterocycles. The molecule has 0 aliphatic rings. The number of hydrogen-bond acceptors (Lipinski definition) is 2. The molecular formula is C21H26F3N3. The molecule has 3 nitrogen and oxygen atoms in total. The Labute approximate surface area is 159 Å². The Morgan fingerprint density at radius 1 is 1.26 bits per heavy atom. The largest absolute Gasteiger partial charge is 0.434 e. The fourth-order valence-electron chi connectivity index (χ4n) is 2.43. The van der Waals surface area contributed by atoms with Gasteiger partial charge in [-0.05, 0) is 25.6 Å². The quantitative estimate of drug-likeness (QED) is 0.597. The summed E-state index contributed by atoms with van der Waals surface area (Å²) in [5, 5.41) is 0. The summed E-state index contributed by atoms with van der Waals surface area (Å²) < 4.78 is 40.5. The predicted octanol–water partition coefficient (Wildman–Crippen LogP) is 5.75. The van der Waals surface area contributed by atoms with Crippen LogP contribution in [0.25, 0.3) is 11.4 Å². The van der Waals surface area contributed by atoms with Gasteiger partial charge in [-0.15, -0.1) is 6.42 Å². The lowest BCUT2D eigenvalue weighted by molar-refractivity contribution is -0.140. The van der Waals surface area contributed by atoms with Crippen molar-refractivity contribution in [1.82, 2.24) is 14.5 Å². The van der Waals surface area contributed by atoms with Gasteiger partial charge in [0.15, 0.2) is 5.69 Å². The first-order valence-electron chi connectivity index (χ1n) is 8.81. The molecular weight excluding hydrogens is 351 g/mol. The van der Waals surface area contributed by atoms with Crippen molar-refractivity contribution in [3.05, 3.63) is 54.5 Å². The van der Waals surface area contributed by atoms with Gasteiger partial charge in [0.25, 0.3) is 0 Å². The van der Waals surface area contributed by atoms with E-state index in [4.69, 9.17) is 6.42 Å². The highest BCUT2D eigenvalue weighted by Gasteiger charge is 2.35. The van der Waals surface area contributed by atoms with Crippen molar-refractivity contribution in [2.24, 2.45) is 0 Å². The molecule has 0 fully saturated rings. The van der Waals surface area contributed by atoms with Crippen molar-refractivity contribution in [2.45, 2.75) is 46.5 Å². The maximum absolute atomic E-state index is 13.0. The highest BCUT2D eigenvalue weighted by molar-refractivity contribution is 5.57. The fraction of sp³-hybridized carbons (Fsp3) is 0.381. The zero-order chi connectivity index (χ0) is 20.6. The first-order chi connectivity index (χ1) is 12.8. The van der Waals surface area contributed by atoms with Gasteiger partial charge in [0, 0.05) is 24.3 Å². The average molecular weight is 377 g/mol. The van der Waals surface area contributed by atoms with Crippen LogP contribution >= 0.6 is 0 Å². The van der Waals surface area contributed by atoms with E-state index in [1.807, 2.05) is 44.7 Å². The van der Waals surface area contributed by atoms with Crippen LogP contribution in [-0.4, -0.2) is 21.0 Å². The molecule has 27 heavy (non-hydrogen) atoms. The topological polar surface area (TPSA) is 21.1 Å². The Balaban J connectivity index is 0.00000176. The highest BCUT2D eigenvalue weighted by atomic mass is 19.4. The van der Waals surface area contributed by atoms with Crippen LogP contribution in [0.2, 0.25) is 0 Å². The molecule has 1 heterocycles. The van der Waals surface area contributed by atoms with Crippen molar-refractivity contribution >= 4 is 0 Å². The Hall–Kier alpha value is -2.68. The van der Waals surface area contributed by atoms with Crippen molar-refractivity contribution in [3.8, 4) is 23.7 Å². The third-order valence-corrected chi connectivity index (χ3v) is 3.73. The van der Waals surface area contributed by atoms with Gasteiger partial charge in [-0.3, -0.25) is 0 Å². The van der Waals surface area contributed by atoms with E-state index in [0.717, 1.165) is 11.8 Å². The van der Waals surface area contributed by atoms with Crippen LogP contribution in [0, 0.1) is 12.3 Å². The molecule has 2 rings (SSSR count). The average Bonchev–Trinajstić information content (AvgIpc) is 3.10. The smallest absolute Gasteiger partial charge is 0.363 e. The van der Waals surface area contributed by atoms with Crippen molar-refractivity contribution in [1.29, 1.82) is 0 Å². The number of halogens is 3. The fourth-order valence-corrected chi connectivity index (χ4v) is 2.43. The SMILES string of the molecule is C#CCN(C=C)Cc1ccc(-c2nc(C(F)(F)F)cn2C(C)C)cc1.CC. The zero-order valence-electron chi connectivity index (χ0n) is 16.2. The van der Waals surface area contributed by atoms with E-state index in [-0.39, 0.29) is 6.04 Å². The third kappa shape index (κ3) is 5.92. The number of nitrogens with zero attached hydrogens (tertiary/aromatic N) is 3. The van der Waals surface area contributed by atoms with Gasteiger partial charge in [0.2, 0.25) is 0 Å². The molecule has 0 spiro atoms. The molecule has 0 saturated carbocycles. The second kappa shape index (κ2) is 9.86. The van der Waals surface area contributed by atoms with E-state index in [2.05, 4.69) is 17.5 Å². The summed E-state index contributed by atoms with van der Waals surface area (Å²) in [6.07, 6.45) is 3.55. The number of imidazole rings is 1. The molecule has 0 amide bonds.